The molecule has 5 aliphatic rings. The minimum atomic E-state index is -0.0741. The van der Waals surface area contributed by atoms with Gasteiger partial charge in [-0.15, -0.1) is 0 Å². The molecule has 0 aliphatic heterocycles. The Morgan fingerprint density at radius 3 is 2.83 bits per heavy atom. The molecule has 126 valence electrons. The quantitative estimate of drug-likeness (QED) is 0.725. The average molecular weight is 314 g/mol. The molecule has 0 aromatic heterocycles. The van der Waals surface area contributed by atoms with Gasteiger partial charge in [-0.1, -0.05) is 18.9 Å². The maximum absolute atomic E-state index is 12.4. The predicted molar refractivity (Wildman–Crippen MR) is 89.8 cm³/mol. The van der Waals surface area contributed by atoms with Crippen LogP contribution in [0.3, 0.4) is 0 Å². The van der Waals surface area contributed by atoms with Gasteiger partial charge >= 0.3 is 0 Å². The van der Waals surface area contributed by atoms with Crippen LogP contribution in [0.25, 0.3) is 0 Å². The van der Waals surface area contributed by atoms with Gasteiger partial charge in [0.25, 0.3) is 0 Å². The van der Waals surface area contributed by atoms with Crippen LogP contribution in [0.15, 0.2) is 11.6 Å². The van der Waals surface area contributed by atoms with E-state index < -0.39 is 0 Å². The van der Waals surface area contributed by atoms with Gasteiger partial charge in [-0.2, -0.15) is 0 Å². The lowest BCUT2D eigenvalue weighted by Gasteiger charge is -2.60. The maximum Gasteiger partial charge on any atom is 0.158 e. The first-order valence-corrected chi connectivity index (χ1v) is 9.97. The van der Waals surface area contributed by atoms with E-state index in [-0.39, 0.29) is 11.5 Å². The molecular weight excluding hydrogens is 284 g/mol. The zero-order valence-corrected chi connectivity index (χ0v) is 14.4. The Bertz CT molecular complexity index is 578. The van der Waals surface area contributed by atoms with Crippen LogP contribution in [-0.2, 0) is 4.79 Å². The third kappa shape index (κ3) is 1.77. The highest BCUT2D eigenvalue weighted by Gasteiger charge is 2.61. The van der Waals surface area contributed by atoms with Crippen molar-refractivity contribution >= 4 is 5.78 Å². The molecule has 23 heavy (non-hydrogen) atoms. The third-order valence-corrected chi connectivity index (χ3v) is 8.99. The molecule has 1 spiro atoms. The van der Waals surface area contributed by atoms with E-state index in [1.54, 1.807) is 0 Å². The molecule has 0 heterocycles. The van der Waals surface area contributed by atoms with Crippen LogP contribution in [-0.4, -0.2) is 17.0 Å². The first-order valence-electron chi connectivity index (χ1n) is 9.97. The second kappa shape index (κ2) is 4.71. The van der Waals surface area contributed by atoms with Crippen molar-refractivity contribution in [2.24, 2.45) is 34.5 Å². The normalized spacial score (nSPS) is 54.8. The van der Waals surface area contributed by atoms with Crippen molar-refractivity contribution in [2.45, 2.75) is 77.2 Å². The molecule has 7 atom stereocenters. The number of carbonyl (C=O) groups is 1. The molecule has 2 nitrogen and oxygen atoms in total. The second-order valence-corrected chi connectivity index (χ2v) is 9.57. The summed E-state index contributed by atoms with van der Waals surface area (Å²) >= 11 is 0. The molecular formula is C21H30O2. The Hall–Kier alpha value is -0.630. The van der Waals surface area contributed by atoms with Crippen LogP contribution in [0.4, 0.5) is 0 Å². The van der Waals surface area contributed by atoms with Crippen molar-refractivity contribution in [2.75, 3.05) is 0 Å². The van der Waals surface area contributed by atoms with Gasteiger partial charge < -0.3 is 5.11 Å². The lowest BCUT2D eigenvalue weighted by atomic mass is 9.44. The van der Waals surface area contributed by atoms with E-state index in [1.165, 1.54) is 44.1 Å². The summed E-state index contributed by atoms with van der Waals surface area (Å²) in [6.45, 7) is 2.36. The Kier molecular flexibility index (Phi) is 3.01. The second-order valence-electron chi connectivity index (χ2n) is 9.57. The van der Waals surface area contributed by atoms with Crippen molar-refractivity contribution in [3.8, 4) is 0 Å². The van der Waals surface area contributed by atoms with Crippen molar-refractivity contribution in [1.82, 2.24) is 0 Å². The van der Waals surface area contributed by atoms with Gasteiger partial charge in [0.05, 0.1) is 6.10 Å². The van der Waals surface area contributed by atoms with Crippen LogP contribution in [0.1, 0.15) is 71.1 Å². The van der Waals surface area contributed by atoms with Crippen molar-refractivity contribution in [3.63, 3.8) is 0 Å². The smallest absolute Gasteiger partial charge is 0.158 e. The summed E-state index contributed by atoms with van der Waals surface area (Å²) in [6.07, 6.45) is 14.0. The van der Waals surface area contributed by atoms with Gasteiger partial charge in [-0.05, 0) is 92.4 Å². The molecule has 0 unspecified atom stereocenters. The molecule has 0 radical (unpaired) electrons. The number of ketones is 1. The highest BCUT2D eigenvalue weighted by Crippen LogP contribution is 2.67. The van der Waals surface area contributed by atoms with E-state index in [4.69, 9.17) is 0 Å². The molecule has 0 aromatic carbocycles. The molecule has 2 heteroatoms. The van der Waals surface area contributed by atoms with E-state index >= 15 is 0 Å². The molecule has 1 N–H and O–H groups in total. The monoisotopic (exact) mass is 314 g/mol. The largest absolute Gasteiger partial charge is 0.393 e. The average Bonchev–Trinajstić information content (AvgIpc) is 2.85. The fourth-order valence-electron chi connectivity index (χ4n) is 7.84. The zero-order valence-electron chi connectivity index (χ0n) is 14.4. The van der Waals surface area contributed by atoms with Crippen LogP contribution in [0, 0.1) is 34.5 Å². The minimum Gasteiger partial charge on any atom is -0.393 e. The fourth-order valence-corrected chi connectivity index (χ4v) is 7.84. The van der Waals surface area contributed by atoms with Gasteiger partial charge in [0, 0.05) is 5.92 Å². The molecule has 0 amide bonds. The molecule has 0 saturated heterocycles. The summed E-state index contributed by atoms with van der Waals surface area (Å²) in [5.74, 6) is 3.08. The molecule has 2 bridgehead atoms. The van der Waals surface area contributed by atoms with Gasteiger partial charge in [-0.3, -0.25) is 4.79 Å². The van der Waals surface area contributed by atoms with Crippen molar-refractivity contribution in [3.05, 3.63) is 11.6 Å². The first-order chi connectivity index (χ1) is 11.0. The van der Waals surface area contributed by atoms with E-state index in [2.05, 4.69) is 13.0 Å². The standard InChI is InChI=1S/C21H30O2/c1-20-10-8-17-15(16(20)6-7-19(20)23)5-4-14-11-18(22)13-3-2-9-21(14,17)12-13/h11,13,15-17,19,23H,2-10,12H2,1H3/t13-,15-,16-,17-,19-,20-,21-/m0/s1. The van der Waals surface area contributed by atoms with Crippen molar-refractivity contribution < 1.29 is 9.90 Å². The number of aliphatic hydroxyl groups excluding tert-OH is 1. The van der Waals surface area contributed by atoms with Gasteiger partial charge in [0.2, 0.25) is 0 Å². The number of hydrogen-bond donors (Lipinski definition) is 1. The summed E-state index contributed by atoms with van der Waals surface area (Å²) < 4.78 is 0. The SMILES string of the molecule is C[C@]12CC[C@H]3[C@@H](CCC4=CC(=O)[C@H]5CCC[C@]43C5)[C@@H]1CC[C@@H]2O. The fraction of sp³-hybridized carbons (Fsp3) is 0.857. The van der Waals surface area contributed by atoms with Crippen LogP contribution < -0.4 is 0 Å². The summed E-state index contributed by atoms with van der Waals surface area (Å²) in [4.78, 5) is 12.4. The summed E-state index contributed by atoms with van der Waals surface area (Å²) in [6, 6.07) is 0. The molecule has 0 aromatic rings. The van der Waals surface area contributed by atoms with E-state index in [9.17, 15) is 9.90 Å². The van der Waals surface area contributed by atoms with Gasteiger partial charge in [-0.25, -0.2) is 0 Å². The predicted octanol–water partition coefficient (Wildman–Crippen LogP) is 4.27. The Balaban J connectivity index is 1.55. The maximum atomic E-state index is 12.4. The zero-order chi connectivity index (χ0) is 15.8. The summed E-state index contributed by atoms with van der Waals surface area (Å²) in [7, 11) is 0. The lowest BCUT2D eigenvalue weighted by Crippen LogP contribution is -2.54. The van der Waals surface area contributed by atoms with Gasteiger partial charge in [0.15, 0.2) is 5.78 Å². The van der Waals surface area contributed by atoms with Crippen LogP contribution in [0.2, 0.25) is 0 Å². The minimum absolute atomic E-state index is 0.0741. The third-order valence-electron chi connectivity index (χ3n) is 8.99. The van der Waals surface area contributed by atoms with Crippen molar-refractivity contribution in [1.29, 1.82) is 0 Å². The molecule has 5 rings (SSSR count). The lowest BCUT2D eigenvalue weighted by molar-refractivity contribution is -0.127. The molecule has 4 saturated carbocycles. The topological polar surface area (TPSA) is 37.3 Å². The number of carbonyl (C=O) groups excluding carboxylic acids is 1. The van der Waals surface area contributed by atoms with Crippen LogP contribution in [0.5, 0.6) is 0 Å². The summed E-state index contributed by atoms with van der Waals surface area (Å²) in [5.41, 5.74) is 2.08. The van der Waals surface area contributed by atoms with E-state index in [0.29, 0.717) is 17.1 Å². The van der Waals surface area contributed by atoms with E-state index in [0.717, 1.165) is 43.4 Å². The Labute approximate surface area is 139 Å². The highest BCUT2D eigenvalue weighted by molar-refractivity contribution is 5.94. The molecule has 4 fully saturated rings. The Morgan fingerprint density at radius 2 is 1.96 bits per heavy atom. The molecule has 5 aliphatic carbocycles. The number of fused-ring (bicyclic) bond motifs is 4. The number of aliphatic hydroxyl groups is 1. The first kappa shape index (κ1) is 14.7. The van der Waals surface area contributed by atoms with E-state index in [1.807, 2.05) is 0 Å². The number of allylic oxidation sites excluding steroid dienone is 1. The number of hydrogen-bond acceptors (Lipinski definition) is 2. The van der Waals surface area contributed by atoms with Gasteiger partial charge in [0.1, 0.15) is 0 Å². The number of rotatable bonds is 0. The summed E-state index contributed by atoms with van der Waals surface area (Å²) in [5, 5.41) is 10.6. The Morgan fingerprint density at radius 1 is 1.09 bits per heavy atom. The van der Waals surface area contributed by atoms with Crippen LogP contribution >= 0.6 is 0 Å². The highest BCUT2D eigenvalue weighted by atomic mass is 16.3.